The van der Waals surface area contributed by atoms with Gasteiger partial charge in [0.2, 0.25) is 0 Å². The van der Waals surface area contributed by atoms with Crippen molar-refractivity contribution in [1.82, 2.24) is 19.1 Å². The number of nitrogens with zero attached hydrogens (tertiary/aromatic N) is 4. The van der Waals surface area contributed by atoms with Gasteiger partial charge < -0.3 is 5.32 Å². The van der Waals surface area contributed by atoms with Crippen molar-refractivity contribution >= 4 is 18.2 Å². The van der Waals surface area contributed by atoms with Gasteiger partial charge in [-0.05, 0) is 56.3 Å². The van der Waals surface area contributed by atoms with Crippen LogP contribution in [-0.2, 0) is 18.5 Å². The van der Waals surface area contributed by atoms with E-state index >= 15 is 0 Å². The van der Waals surface area contributed by atoms with Crippen LogP contribution in [0.2, 0.25) is 0 Å². The monoisotopic (exact) mass is 375 g/mol. The van der Waals surface area contributed by atoms with Crippen LogP contribution in [0.1, 0.15) is 51.3 Å². The Bertz CT molecular complexity index is 888. The van der Waals surface area contributed by atoms with E-state index in [9.17, 15) is 4.79 Å². The van der Waals surface area contributed by atoms with Gasteiger partial charge >= 0.3 is 5.69 Å². The van der Waals surface area contributed by atoms with Crippen LogP contribution < -0.4 is 11.0 Å². The second-order valence-corrected chi connectivity index (χ2v) is 8.78. The molecule has 0 amide bonds. The minimum absolute atomic E-state index is 0. The minimum Gasteiger partial charge on any atom is -0.368 e. The van der Waals surface area contributed by atoms with Crippen molar-refractivity contribution in [2.45, 2.75) is 64.0 Å². The third-order valence-corrected chi connectivity index (χ3v) is 7.36. The van der Waals surface area contributed by atoms with Crippen molar-refractivity contribution in [3.8, 4) is 11.5 Å². The Hall–Kier alpha value is -1.56. The summed E-state index contributed by atoms with van der Waals surface area (Å²) in [5, 5.41) is 3.38. The largest absolute Gasteiger partial charge is 0.368 e. The van der Waals surface area contributed by atoms with Crippen LogP contribution in [0, 0.1) is 17.8 Å². The van der Waals surface area contributed by atoms with Crippen LogP contribution in [-0.4, -0.2) is 25.6 Å². The number of halogens is 1. The molecule has 0 aromatic rings. The van der Waals surface area contributed by atoms with Crippen LogP contribution in [0.15, 0.2) is 4.79 Å². The van der Waals surface area contributed by atoms with Gasteiger partial charge in [-0.25, -0.2) is 14.8 Å². The molecule has 7 aliphatic rings. The summed E-state index contributed by atoms with van der Waals surface area (Å²) in [6, 6.07) is 0. The lowest BCUT2D eigenvalue weighted by molar-refractivity contribution is 0.262. The predicted octanol–water partition coefficient (Wildman–Crippen LogP) is 2.88. The van der Waals surface area contributed by atoms with E-state index in [0.29, 0.717) is 0 Å². The first-order valence-electron chi connectivity index (χ1n) is 9.95. The fourth-order valence-electron chi connectivity index (χ4n) is 6.62. The SMILES string of the molecule is CCCn1c2nc(C34CC5CC(CC3C5)C4)nc-2c2n(c1=O)CCN2.Cl. The molecule has 3 aliphatic heterocycles. The van der Waals surface area contributed by atoms with Crippen molar-refractivity contribution < 1.29 is 0 Å². The summed E-state index contributed by atoms with van der Waals surface area (Å²) < 4.78 is 3.71. The molecule has 140 valence electrons. The highest BCUT2D eigenvalue weighted by Crippen LogP contribution is 2.65. The summed E-state index contributed by atoms with van der Waals surface area (Å²) in [6.45, 7) is 4.37. The average Bonchev–Trinajstić information content (AvgIpc) is 3.32. The van der Waals surface area contributed by atoms with Gasteiger partial charge in [-0.1, -0.05) is 6.92 Å². The van der Waals surface area contributed by atoms with Gasteiger partial charge in [-0.2, -0.15) is 0 Å². The Morgan fingerprint density at radius 1 is 1.19 bits per heavy atom. The number of imidazole rings is 1. The molecule has 0 radical (unpaired) electrons. The number of fused-ring (bicyclic) bond motifs is 3. The highest BCUT2D eigenvalue weighted by Gasteiger charge is 2.60. The van der Waals surface area contributed by atoms with Crippen LogP contribution in [0.3, 0.4) is 0 Å². The first-order chi connectivity index (χ1) is 12.2. The third-order valence-electron chi connectivity index (χ3n) is 7.36. The second-order valence-electron chi connectivity index (χ2n) is 8.78. The van der Waals surface area contributed by atoms with E-state index in [0.717, 1.165) is 67.0 Å². The second kappa shape index (κ2) is 5.47. The first kappa shape index (κ1) is 16.6. The molecule has 0 aromatic heterocycles. The first-order valence-corrected chi connectivity index (χ1v) is 9.95. The van der Waals surface area contributed by atoms with Crippen LogP contribution in [0.4, 0.5) is 5.82 Å². The maximum absolute atomic E-state index is 12.9. The highest BCUT2D eigenvalue weighted by atomic mass is 35.5. The molecule has 4 fully saturated rings. The molecule has 0 aromatic carbocycles. The van der Waals surface area contributed by atoms with E-state index in [1.807, 2.05) is 9.13 Å². The maximum atomic E-state index is 12.9. The van der Waals surface area contributed by atoms with Crippen LogP contribution in [0.5, 0.6) is 0 Å². The number of rotatable bonds is 3. The molecule has 26 heavy (non-hydrogen) atoms. The Morgan fingerprint density at radius 2 is 1.96 bits per heavy atom. The maximum Gasteiger partial charge on any atom is 0.331 e. The van der Waals surface area contributed by atoms with E-state index < -0.39 is 0 Å². The van der Waals surface area contributed by atoms with Crippen LogP contribution in [0.25, 0.3) is 11.5 Å². The Balaban J connectivity index is 0.00000150. The van der Waals surface area contributed by atoms with Gasteiger partial charge in [-0.3, -0.25) is 9.13 Å². The van der Waals surface area contributed by atoms with E-state index in [1.165, 1.54) is 32.1 Å². The van der Waals surface area contributed by atoms with Gasteiger partial charge in [0.05, 0.1) is 0 Å². The molecule has 6 nitrogen and oxygen atoms in total. The predicted molar refractivity (Wildman–Crippen MR) is 102 cm³/mol. The molecular formula is C19H26ClN5O. The summed E-state index contributed by atoms with van der Waals surface area (Å²) in [5.41, 5.74) is 1.19. The molecule has 1 N–H and O–H groups in total. The zero-order valence-corrected chi connectivity index (χ0v) is 16.0. The van der Waals surface area contributed by atoms with Crippen molar-refractivity contribution in [2.75, 3.05) is 11.9 Å². The van der Waals surface area contributed by atoms with Crippen molar-refractivity contribution in [3.63, 3.8) is 0 Å². The Labute approximate surface area is 159 Å². The molecule has 2 atom stereocenters. The molecule has 2 unspecified atom stereocenters. The number of hydrogen-bond acceptors (Lipinski definition) is 4. The Kier molecular flexibility index (Phi) is 3.49. The van der Waals surface area contributed by atoms with E-state index in [4.69, 9.17) is 9.97 Å². The molecule has 4 bridgehead atoms. The third kappa shape index (κ3) is 1.91. The van der Waals surface area contributed by atoms with E-state index in [-0.39, 0.29) is 23.5 Å². The molecular weight excluding hydrogens is 350 g/mol. The molecule has 4 aliphatic carbocycles. The van der Waals surface area contributed by atoms with Crippen molar-refractivity contribution in [2.24, 2.45) is 17.8 Å². The average molecular weight is 376 g/mol. The quantitative estimate of drug-likeness (QED) is 0.895. The van der Waals surface area contributed by atoms with Gasteiger partial charge in [0.1, 0.15) is 17.3 Å². The lowest BCUT2D eigenvalue weighted by Gasteiger charge is -2.30. The zero-order chi connectivity index (χ0) is 16.8. The molecule has 7 rings (SSSR count). The molecule has 4 saturated carbocycles. The number of nitrogens with one attached hydrogen (secondary N) is 1. The van der Waals surface area contributed by atoms with Crippen LogP contribution >= 0.6 is 12.4 Å². The molecule has 3 heterocycles. The topological polar surface area (TPSA) is 64.7 Å². The minimum atomic E-state index is 0. The number of hydrogen-bond donors (Lipinski definition) is 1. The standard InChI is InChI=1S/C19H25N5O.ClH/c1-2-4-23-16-14(15-20-3-5-24(15)18(23)25)21-17(22-16)19-9-11-6-12(10-19)8-13(19)7-11;/h11-13,20H,2-10H2,1H3;1H. The van der Waals surface area contributed by atoms with Gasteiger partial charge in [0.15, 0.2) is 5.82 Å². The molecule has 7 heteroatoms. The molecule has 0 saturated heterocycles. The van der Waals surface area contributed by atoms with Gasteiger partial charge in [0, 0.05) is 25.0 Å². The van der Waals surface area contributed by atoms with Gasteiger partial charge in [-0.15, -0.1) is 12.4 Å². The zero-order valence-electron chi connectivity index (χ0n) is 15.2. The van der Waals surface area contributed by atoms with Crippen molar-refractivity contribution in [3.05, 3.63) is 16.3 Å². The molecule has 0 spiro atoms. The van der Waals surface area contributed by atoms with Gasteiger partial charge in [0.25, 0.3) is 0 Å². The fraction of sp³-hybridized carbons (Fsp3) is 0.737. The smallest absolute Gasteiger partial charge is 0.331 e. The van der Waals surface area contributed by atoms with E-state index in [1.54, 1.807) is 0 Å². The fourth-order valence-corrected chi connectivity index (χ4v) is 6.62. The highest BCUT2D eigenvalue weighted by molar-refractivity contribution is 5.85. The lowest BCUT2D eigenvalue weighted by atomic mass is 9.75. The number of aromatic nitrogens is 4. The summed E-state index contributed by atoms with van der Waals surface area (Å²) in [6.07, 6.45) is 7.63. The normalized spacial score (nSPS) is 33.5. The summed E-state index contributed by atoms with van der Waals surface area (Å²) in [7, 11) is 0. The summed E-state index contributed by atoms with van der Waals surface area (Å²) in [4.78, 5) is 23.0. The van der Waals surface area contributed by atoms with Crippen molar-refractivity contribution in [1.29, 1.82) is 0 Å². The Morgan fingerprint density at radius 3 is 2.69 bits per heavy atom. The summed E-state index contributed by atoms with van der Waals surface area (Å²) >= 11 is 0. The number of anilines is 1. The summed E-state index contributed by atoms with van der Waals surface area (Å²) in [5.74, 6) is 5.28. The van der Waals surface area contributed by atoms with E-state index in [2.05, 4.69) is 12.2 Å². The lowest BCUT2D eigenvalue weighted by Crippen LogP contribution is -2.32.